The summed E-state index contributed by atoms with van der Waals surface area (Å²) < 4.78 is 6.27. The van der Waals surface area contributed by atoms with Crippen molar-refractivity contribution in [2.24, 2.45) is 0 Å². The number of ether oxygens (including phenoxy) is 1. The Morgan fingerprint density at radius 1 is 1.53 bits per heavy atom. The van der Waals surface area contributed by atoms with Gasteiger partial charge in [-0.2, -0.15) is 0 Å². The lowest BCUT2D eigenvalue weighted by molar-refractivity contribution is 0.0600. The Hall–Kier alpha value is -1.88. The second-order valence-electron chi connectivity index (χ2n) is 3.07. The molecule has 1 N–H and O–H groups in total. The topological polar surface area (TPSA) is 63.8 Å². The zero-order valence-electron chi connectivity index (χ0n) is 8.17. The van der Waals surface area contributed by atoms with Crippen LogP contribution in [0.1, 0.15) is 16.1 Å². The smallest absolute Gasteiger partial charge is 0.339 e. The van der Waals surface area contributed by atoms with Crippen LogP contribution in [0, 0.1) is 0 Å². The van der Waals surface area contributed by atoms with E-state index in [1.165, 1.54) is 7.11 Å². The van der Waals surface area contributed by atoms with E-state index in [0.717, 1.165) is 0 Å². The number of methoxy groups -OCH3 is 1. The molecule has 2 heterocycles. The summed E-state index contributed by atoms with van der Waals surface area (Å²) in [7, 11) is 1.33. The first-order valence-electron chi connectivity index (χ1n) is 4.41. The first kappa shape index (κ1) is 9.67. The lowest BCUT2D eigenvalue weighted by Gasteiger charge is -1.99. The van der Waals surface area contributed by atoms with Crippen molar-refractivity contribution in [3.05, 3.63) is 35.8 Å². The van der Waals surface area contributed by atoms with E-state index in [2.05, 4.69) is 9.72 Å². The predicted molar refractivity (Wildman–Crippen MR) is 52.5 cm³/mol. The molecule has 0 aliphatic rings. The van der Waals surface area contributed by atoms with E-state index in [1.807, 2.05) is 0 Å². The van der Waals surface area contributed by atoms with E-state index in [0.29, 0.717) is 16.9 Å². The van der Waals surface area contributed by atoms with Crippen LogP contribution < -0.4 is 0 Å². The molecule has 0 atom stereocenters. The molecule has 15 heavy (non-hydrogen) atoms. The van der Waals surface area contributed by atoms with Crippen molar-refractivity contribution in [1.82, 2.24) is 9.38 Å². The number of nitrogens with zero attached hydrogens (tertiary/aromatic N) is 2. The third kappa shape index (κ3) is 1.69. The molecule has 5 nitrogen and oxygen atoms in total. The van der Waals surface area contributed by atoms with E-state index in [4.69, 9.17) is 5.11 Å². The highest BCUT2D eigenvalue weighted by Gasteiger charge is 2.07. The van der Waals surface area contributed by atoms with Crippen LogP contribution in [0.2, 0.25) is 0 Å². The monoisotopic (exact) mass is 206 g/mol. The Labute approximate surface area is 85.9 Å². The standard InChI is InChI=1S/C10H10N2O3/c1-15-10(14)7-2-3-9-11-8(6-13)5-12(9)4-7/h2-5,13H,6H2,1H3. The Kier molecular flexibility index (Phi) is 2.39. The summed E-state index contributed by atoms with van der Waals surface area (Å²) >= 11 is 0. The maximum Gasteiger partial charge on any atom is 0.339 e. The van der Waals surface area contributed by atoms with Crippen molar-refractivity contribution < 1.29 is 14.6 Å². The van der Waals surface area contributed by atoms with Gasteiger partial charge in [-0.05, 0) is 12.1 Å². The van der Waals surface area contributed by atoms with Crippen molar-refractivity contribution in [3.8, 4) is 0 Å². The molecule has 0 spiro atoms. The molecule has 0 saturated heterocycles. The number of hydrogen-bond acceptors (Lipinski definition) is 4. The molecule has 0 radical (unpaired) electrons. The van der Waals surface area contributed by atoms with Gasteiger partial charge in [0.2, 0.25) is 0 Å². The molecule has 0 amide bonds. The molecule has 2 aromatic heterocycles. The van der Waals surface area contributed by atoms with Crippen LogP contribution in [0.3, 0.4) is 0 Å². The molecule has 0 aliphatic heterocycles. The number of aromatic nitrogens is 2. The summed E-state index contributed by atoms with van der Waals surface area (Å²) in [5.74, 6) is -0.392. The predicted octanol–water partition coefficient (Wildman–Crippen LogP) is 0.613. The average molecular weight is 206 g/mol. The molecule has 78 valence electrons. The van der Waals surface area contributed by atoms with Gasteiger partial charge in [-0.25, -0.2) is 9.78 Å². The van der Waals surface area contributed by atoms with E-state index in [1.54, 1.807) is 28.9 Å². The zero-order valence-corrected chi connectivity index (χ0v) is 8.17. The molecule has 2 aromatic rings. The Morgan fingerprint density at radius 2 is 2.33 bits per heavy atom. The quantitative estimate of drug-likeness (QED) is 0.731. The Balaban J connectivity index is 2.50. The van der Waals surface area contributed by atoms with Gasteiger partial charge < -0.3 is 14.2 Å². The first-order chi connectivity index (χ1) is 7.24. The van der Waals surface area contributed by atoms with Gasteiger partial charge in [-0.1, -0.05) is 0 Å². The highest BCUT2D eigenvalue weighted by Crippen LogP contribution is 2.08. The minimum Gasteiger partial charge on any atom is -0.465 e. The highest BCUT2D eigenvalue weighted by atomic mass is 16.5. The fraction of sp³-hybridized carbons (Fsp3) is 0.200. The van der Waals surface area contributed by atoms with Crippen molar-refractivity contribution >= 4 is 11.6 Å². The number of esters is 1. The van der Waals surface area contributed by atoms with Gasteiger partial charge in [-0.3, -0.25) is 0 Å². The van der Waals surface area contributed by atoms with Gasteiger partial charge >= 0.3 is 5.97 Å². The molecule has 0 bridgehead atoms. The number of aliphatic hydroxyl groups excluding tert-OH is 1. The minimum absolute atomic E-state index is 0.116. The SMILES string of the molecule is COC(=O)c1ccc2nc(CO)cn2c1. The van der Waals surface area contributed by atoms with Gasteiger partial charge in [0.1, 0.15) is 5.65 Å². The van der Waals surface area contributed by atoms with Crippen LogP contribution >= 0.6 is 0 Å². The second kappa shape index (κ2) is 3.70. The van der Waals surface area contributed by atoms with Crippen LogP contribution in [0.15, 0.2) is 24.5 Å². The summed E-state index contributed by atoms with van der Waals surface area (Å²) in [5.41, 5.74) is 1.70. The van der Waals surface area contributed by atoms with Gasteiger partial charge in [0, 0.05) is 12.4 Å². The summed E-state index contributed by atoms with van der Waals surface area (Å²) in [6.07, 6.45) is 3.29. The molecule has 0 fully saturated rings. The van der Waals surface area contributed by atoms with Crippen molar-refractivity contribution in [2.45, 2.75) is 6.61 Å². The minimum atomic E-state index is -0.392. The van der Waals surface area contributed by atoms with Crippen LogP contribution in [-0.4, -0.2) is 27.6 Å². The van der Waals surface area contributed by atoms with Gasteiger partial charge in [-0.15, -0.1) is 0 Å². The van der Waals surface area contributed by atoms with Crippen molar-refractivity contribution in [2.75, 3.05) is 7.11 Å². The normalized spacial score (nSPS) is 10.5. The van der Waals surface area contributed by atoms with E-state index in [-0.39, 0.29) is 6.61 Å². The average Bonchev–Trinajstić information content (AvgIpc) is 2.69. The zero-order chi connectivity index (χ0) is 10.8. The van der Waals surface area contributed by atoms with Crippen LogP contribution in [0.5, 0.6) is 0 Å². The van der Waals surface area contributed by atoms with Crippen LogP contribution in [0.25, 0.3) is 5.65 Å². The number of carbonyl (C=O) groups excluding carboxylic acids is 1. The molecule has 5 heteroatoms. The third-order valence-corrected chi connectivity index (χ3v) is 2.08. The molecule has 0 saturated carbocycles. The lowest BCUT2D eigenvalue weighted by atomic mass is 10.3. The number of fused-ring (bicyclic) bond motifs is 1. The van der Waals surface area contributed by atoms with Crippen LogP contribution in [0.4, 0.5) is 0 Å². The summed E-state index contributed by atoms with van der Waals surface area (Å²) in [6, 6.07) is 3.33. The second-order valence-corrected chi connectivity index (χ2v) is 3.07. The fourth-order valence-corrected chi connectivity index (χ4v) is 1.36. The Morgan fingerprint density at radius 3 is 3.00 bits per heavy atom. The number of pyridine rings is 1. The molecule has 0 unspecified atom stereocenters. The molecular formula is C10H10N2O3. The maximum atomic E-state index is 11.2. The van der Waals surface area contributed by atoms with Gasteiger partial charge in [0.15, 0.2) is 0 Å². The maximum absolute atomic E-state index is 11.2. The highest BCUT2D eigenvalue weighted by molar-refractivity contribution is 5.89. The van der Waals surface area contributed by atoms with E-state index in [9.17, 15) is 4.79 Å². The van der Waals surface area contributed by atoms with Crippen molar-refractivity contribution in [3.63, 3.8) is 0 Å². The van der Waals surface area contributed by atoms with Crippen LogP contribution in [-0.2, 0) is 11.3 Å². The summed E-state index contributed by atoms with van der Waals surface area (Å²) in [4.78, 5) is 15.3. The first-order valence-corrected chi connectivity index (χ1v) is 4.41. The summed E-state index contributed by atoms with van der Waals surface area (Å²) in [5, 5.41) is 8.90. The molecular weight excluding hydrogens is 196 g/mol. The molecule has 2 rings (SSSR count). The fourth-order valence-electron chi connectivity index (χ4n) is 1.36. The third-order valence-electron chi connectivity index (χ3n) is 2.08. The van der Waals surface area contributed by atoms with E-state index >= 15 is 0 Å². The molecule has 0 aromatic carbocycles. The largest absolute Gasteiger partial charge is 0.465 e. The Bertz CT molecular complexity index is 504. The van der Waals surface area contributed by atoms with E-state index < -0.39 is 5.97 Å². The number of hydrogen-bond donors (Lipinski definition) is 1. The molecule has 0 aliphatic carbocycles. The van der Waals surface area contributed by atoms with Gasteiger partial charge in [0.25, 0.3) is 0 Å². The number of carbonyl (C=O) groups is 1. The summed E-state index contributed by atoms with van der Waals surface area (Å²) in [6.45, 7) is -0.116. The number of imidazole rings is 1. The number of rotatable bonds is 2. The van der Waals surface area contributed by atoms with Crippen molar-refractivity contribution in [1.29, 1.82) is 0 Å². The lowest BCUT2D eigenvalue weighted by Crippen LogP contribution is -2.02. The number of aliphatic hydroxyl groups is 1. The van der Waals surface area contributed by atoms with Gasteiger partial charge in [0.05, 0.1) is 25.0 Å².